The van der Waals surface area contributed by atoms with Crippen LogP contribution >= 0.6 is 0 Å². The Morgan fingerprint density at radius 3 is 2.30 bits per heavy atom. The number of benzene rings is 2. The number of aromatic hydroxyl groups is 2. The predicted octanol–water partition coefficient (Wildman–Crippen LogP) is 6.25. The molecule has 0 fully saturated rings. The Bertz CT molecular complexity index is 1050. The molecule has 0 saturated heterocycles. The second-order valence-electron chi connectivity index (χ2n) is 9.18. The van der Waals surface area contributed by atoms with Gasteiger partial charge in [-0.2, -0.15) is 0 Å². The monoisotopic (exact) mass is 532 g/mol. The maximum Gasteiger partial charge on any atom is 0.188 e. The zero-order valence-corrected chi connectivity index (χ0v) is 22.8. The lowest BCUT2D eigenvalue weighted by Gasteiger charge is -2.25. The standard InChI is InChI=1S/C29H40O7S/c1-3-4-16-37(32)17-10-8-6-5-7-9-15-34-29-25-14-12-23(31)19-28(25)35-20-26(29)24-13-11-22(30)18-27(24)36-21-33-2/h11-14,18-19,30-31H,3-10,15-17,20-21H2,1-2H3. The molecule has 7 nitrogen and oxygen atoms in total. The highest BCUT2D eigenvalue weighted by atomic mass is 32.2. The van der Waals surface area contributed by atoms with Crippen molar-refractivity contribution >= 4 is 22.1 Å². The largest absolute Gasteiger partial charge is 0.508 e. The fraction of sp³-hybridized carbons (Fsp3) is 0.517. The molecule has 0 aromatic heterocycles. The first-order valence-electron chi connectivity index (χ1n) is 13.2. The number of hydrogen-bond acceptors (Lipinski definition) is 7. The van der Waals surface area contributed by atoms with Gasteiger partial charge in [0.2, 0.25) is 0 Å². The van der Waals surface area contributed by atoms with Gasteiger partial charge in [-0.3, -0.25) is 4.21 Å². The minimum absolute atomic E-state index is 0.0416. The molecule has 0 amide bonds. The lowest BCUT2D eigenvalue weighted by Crippen LogP contribution is -2.14. The third kappa shape index (κ3) is 8.97. The lowest BCUT2D eigenvalue weighted by atomic mass is 9.97. The van der Waals surface area contributed by atoms with E-state index in [0.717, 1.165) is 79.6 Å². The first-order chi connectivity index (χ1) is 18.0. The van der Waals surface area contributed by atoms with Crippen LogP contribution in [0.3, 0.4) is 0 Å². The first kappa shape index (κ1) is 28.9. The highest BCUT2D eigenvalue weighted by Gasteiger charge is 2.25. The van der Waals surface area contributed by atoms with E-state index in [1.54, 1.807) is 36.4 Å². The maximum absolute atomic E-state index is 11.9. The molecule has 0 spiro atoms. The molecule has 2 N–H and O–H groups in total. The number of fused-ring (bicyclic) bond motifs is 1. The molecule has 2 aromatic rings. The molecule has 1 aliphatic heterocycles. The van der Waals surface area contributed by atoms with Crippen molar-refractivity contribution in [3.8, 4) is 23.0 Å². The topological polar surface area (TPSA) is 94.5 Å². The van der Waals surface area contributed by atoms with Crippen molar-refractivity contribution in [3.63, 3.8) is 0 Å². The molecule has 1 unspecified atom stereocenters. The van der Waals surface area contributed by atoms with Gasteiger partial charge in [0.25, 0.3) is 0 Å². The Kier molecular flexibility index (Phi) is 12.1. The number of unbranched alkanes of at least 4 members (excludes halogenated alkanes) is 6. The number of ether oxygens (including phenoxy) is 4. The molecule has 1 aliphatic rings. The minimum atomic E-state index is -0.658. The number of rotatable bonds is 17. The van der Waals surface area contributed by atoms with Crippen molar-refractivity contribution in [2.24, 2.45) is 0 Å². The smallest absolute Gasteiger partial charge is 0.188 e. The van der Waals surface area contributed by atoms with E-state index < -0.39 is 10.8 Å². The van der Waals surface area contributed by atoms with E-state index in [4.69, 9.17) is 18.9 Å². The second-order valence-corrected chi connectivity index (χ2v) is 10.9. The van der Waals surface area contributed by atoms with Crippen LogP contribution in [0, 0.1) is 0 Å². The third-order valence-electron chi connectivity index (χ3n) is 6.22. The molecule has 0 bridgehead atoms. The zero-order valence-electron chi connectivity index (χ0n) is 22.0. The van der Waals surface area contributed by atoms with Gasteiger partial charge >= 0.3 is 0 Å². The molecule has 0 saturated carbocycles. The molecule has 204 valence electrons. The van der Waals surface area contributed by atoms with Crippen LogP contribution in [0.25, 0.3) is 11.3 Å². The predicted molar refractivity (Wildman–Crippen MR) is 147 cm³/mol. The van der Waals surface area contributed by atoms with Gasteiger partial charge in [-0.05, 0) is 43.5 Å². The van der Waals surface area contributed by atoms with E-state index >= 15 is 0 Å². The van der Waals surface area contributed by atoms with Crippen molar-refractivity contribution in [2.75, 3.05) is 38.6 Å². The van der Waals surface area contributed by atoms with Crippen LogP contribution in [0.4, 0.5) is 0 Å². The fourth-order valence-electron chi connectivity index (χ4n) is 4.22. The van der Waals surface area contributed by atoms with E-state index in [-0.39, 0.29) is 24.9 Å². The average molecular weight is 533 g/mol. The summed E-state index contributed by atoms with van der Waals surface area (Å²) in [7, 11) is 0.881. The van der Waals surface area contributed by atoms with E-state index in [1.165, 1.54) is 7.11 Å². The van der Waals surface area contributed by atoms with E-state index in [2.05, 4.69) is 6.92 Å². The van der Waals surface area contributed by atoms with Gasteiger partial charge in [-0.25, -0.2) is 0 Å². The maximum atomic E-state index is 11.9. The Balaban J connectivity index is 1.61. The lowest BCUT2D eigenvalue weighted by molar-refractivity contribution is 0.0507. The van der Waals surface area contributed by atoms with Crippen LogP contribution in [0.2, 0.25) is 0 Å². The molecule has 0 radical (unpaired) electrons. The highest BCUT2D eigenvalue weighted by Crippen LogP contribution is 2.42. The average Bonchev–Trinajstić information content (AvgIpc) is 2.89. The van der Waals surface area contributed by atoms with Crippen molar-refractivity contribution in [1.29, 1.82) is 0 Å². The van der Waals surface area contributed by atoms with Crippen LogP contribution in [0.5, 0.6) is 23.0 Å². The van der Waals surface area contributed by atoms with E-state index in [9.17, 15) is 14.4 Å². The molecule has 8 heteroatoms. The Hall–Kier alpha value is -2.71. The van der Waals surface area contributed by atoms with Gasteiger partial charge in [-0.1, -0.05) is 39.0 Å². The van der Waals surface area contributed by atoms with Crippen LogP contribution < -0.4 is 9.47 Å². The van der Waals surface area contributed by atoms with E-state index in [1.807, 2.05) is 0 Å². The van der Waals surface area contributed by atoms with Crippen LogP contribution in [0.15, 0.2) is 36.4 Å². The number of phenolic OH excluding ortho intramolecular Hbond substituents is 2. The highest BCUT2D eigenvalue weighted by molar-refractivity contribution is 7.84. The minimum Gasteiger partial charge on any atom is -0.508 e. The summed E-state index contributed by atoms with van der Waals surface area (Å²) in [5, 5.41) is 19.9. The molecule has 3 rings (SSSR count). The molecule has 1 atom stereocenters. The van der Waals surface area contributed by atoms with Gasteiger partial charge < -0.3 is 29.2 Å². The molecule has 1 heterocycles. The van der Waals surface area contributed by atoms with Crippen molar-refractivity contribution < 1.29 is 33.4 Å². The molecular formula is C29H40O7S. The van der Waals surface area contributed by atoms with Gasteiger partial charge in [0.15, 0.2) is 6.79 Å². The Morgan fingerprint density at radius 1 is 0.865 bits per heavy atom. The number of hydrogen-bond donors (Lipinski definition) is 2. The van der Waals surface area contributed by atoms with Gasteiger partial charge in [0, 0.05) is 52.7 Å². The quantitative estimate of drug-likeness (QED) is 0.184. The summed E-state index contributed by atoms with van der Waals surface area (Å²) in [4.78, 5) is 0. The van der Waals surface area contributed by atoms with Gasteiger partial charge in [0.05, 0.1) is 12.2 Å². The summed E-state index contributed by atoms with van der Waals surface area (Å²) in [6.07, 6.45) is 8.54. The Morgan fingerprint density at radius 2 is 1.54 bits per heavy atom. The number of phenols is 2. The summed E-state index contributed by atoms with van der Waals surface area (Å²) < 4.78 is 34.9. The van der Waals surface area contributed by atoms with Crippen LogP contribution in [-0.4, -0.2) is 53.0 Å². The zero-order chi connectivity index (χ0) is 26.5. The summed E-state index contributed by atoms with van der Waals surface area (Å²) >= 11 is 0. The van der Waals surface area contributed by atoms with Crippen molar-refractivity contribution in [3.05, 3.63) is 47.5 Å². The third-order valence-corrected chi connectivity index (χ3v) is 7.70. The van der Waals surface area contributed by atoms with Gasteiger partial charge in [-0.15, -0.1) is 0 Å². The second kappa shape index (κ2) is 15.5. The fourth-order valence-corrected chi connectivity index (χ4v) is 5.56. The normalized spacial score (nSPS) is 13.7. The summed E-state index contributed by atoms with van der Waals surface area (Å²) in [5.41, 5.74) is 2.32. The van der Waals surface area contributed by atoms with Crippen molar-refractivity contribution in [2.45, 2.75) is 58.3 Å². The summed E-state index contributed by atoms with van der Waals surface area (Å²) in [6, 6.07) is 9.92. The summed E-state index contributed by atoms with van der Waals surface area (Å²) in [6.45, 7) is 2.96. The van der Waals surface area contributed by atoms with Crippen molar-refractivity contribution in [1.82, 2.24) is 0 Å². The molecule has 37 heavy (non-hydrogen) atoms. The SMILES string of the molecule is CCCCS(=O)CCCCCCCCOC1=C(c2ccc(O)cc2OCOC)COc2cc(O)ccc21. The molecule has 2 aromatic carbocycles. The molecule has 0 aliphatic carbocycles. The Labute approximate surface area is 222 Å². The van der Waals surface area contributed by atoms with Crippen LogP contribution in [0.1, 0.15) is 69.4 Å². The first-order valence-corrected chi connectivity index (χ1v) is 14.6. The molecular weight excluding hydrogens is 492 g/mol. The van der Waals surface area contributed by atoms with Gasteiger partial charge in [0.1, 0.15) is 35.4 Å². The van der Waals surface area contributed by atoms with Crippen LogP contribution in [-0.2, 0) is 20.3 Å². The summed E-state index contributed by atoms with van der Waals surface area (Å²) in [5.74, 6) is 3.60. The van der Waals surface area contributed by atoms with E-state index in [0.29, 0.717) is 23.9 Å². The number of methoxy groups -OCH3 is 1.